The molecule has 29 heavy (non-hydrogen) atoms. The monoisotopic (exact) mass is 415 g/mol. The van der Waals surface area contributed by atoms with E-state index in [1.807, 2.05) is 25.1 Å². The summed E-state index contributed by atoms with van der Waals surface area (Å²) in [6.07, 6.45) is 0. The number of rotatable bonds is 7. The van der Waals surface area contributed by atoms with Crippen molar-refractivity contribution in [2.75, 3.05) is 13.7 Å². The Morgan fingerprint density at radius 2 is 1.93 bits per heavy atom. The zero-order valence-electron chi connectivity index (χ0n) is 16.3. The third-order valence-electron chi connectivity index (χ3n) is 4.19. The second-order valence-electron chi connectivity index (χ2n) is 6.15. The van der Waals surface area contributed by atoms with Crippen molar-refractivity contribution in [2.24, 2.45) is 0 Å². The molecule has 0 fully saturated rings. The Balaban J connectivity index is 1.71. The van der Waals surface area contributed by atoms with E-state index in [2.05, 4.69) is 4.98 Å². The lowest BCUT2D eigenvalue weighted by Crippen LogP contribution is -2.06. The number of phenolic OH excluding ortho intramolecular Hbond substituents is 2. The Hall–Kier alpha value is -3.26. The molecule has 3 rings (SSSR count). The average molecular weight is 415 g/mol. The maximum atomic E-state index is 12.2. The number of aromatic nitrogens is 1. The number of ether oxygens (including phenoxy) is 3. The first-order chi connectivity index (χ1) is 13.9. The van der Waals surface area contributed by atoms with Crippen LogP contribution in [0.1, 0.15) is 28.5 Å². The van der Waals surface area contributed by atoms with Crippen LogP contribution >= 0.6 is 11.3 Å². The maximum Gasteiger partial charge on any atom is 0.342 e. The zero-order valence-corrected chi connectivity index (χ0v) is 17.1. The summed E-state index contributed by atoms with van der Waals surface area (Å²) in [6, 6.07) is 8.49. The molecular weight excluding hydrogens is 394 g/mol. The van der Waals surface area contributed by atoms with Crippen LogP contribution in [0.15, 0.2) is 35.7 Å². The predicted octanol–water partition coefficient (Wildman–Crippen LogP) is 4.29. The molecular formula is C21H21NO6S. The summed E-state index contributed by atoms with van der Waals surface area (Å²) in [5, 5.41) is 22.2. The molecule has 0 saturated heterocycles. The molecule has 0 unspecified atom stereocenters. The summed E-state index contributed by atoms with van der Waals surface area (Å²) in [5.41, 5.74) is 1.80. The molecule has 0 aliphatic carbocycles. The molecule has 7 nitrogen and oxygen atoms in total. The van der Waals surface area contributed by atoms with E-state index in [-0.39, 0.29) is 17.9 Å². The number of aryl methyl sites for hydroxylation is 1. The van der Waals surface area contributed by atoms with Crippen LogP contribution in [-0.4, -0.2) is 34.9 Å². The van der Waals surface area contributed by atoms with Crippen LogP contribution < -0.4 is 9.47 Å². The zero-order chi connectivity index (χ0) is 21.0. The molecule has 8 heteroatoms. The highest BCUT2D eigenvalue weighted by Gasteiger charge is 2.18. The van der Waals surface area contributed by atoms with Gasteiger partial charge in [0.05, 0.1) is 19.4 Å². The molecule has 2 N–H and O–H groups in total. The number of methoxy groups -OCH3 is 1. The minimum atomic E-state index is -0.741. The van der Waals surface area contributed by atoms with Crippen molar-refractivity contribution in [3.05, 3.63) is 52.5 Å². The van der Waals surface area contributed by atoms with Gasteiger partial charge >= 0.3 is 5.97 Å². The van der Waals surface area contributed by atoms with Gasteiger partial charge in [-0.1, -0.05) is 6.07 Å². The van der Waals surface area contributed by atoms with E-state index in [0.29, 0.717) is 29.4 Å². The normalized spacial score (nSPS) is 10.6. The van der Waals surface area contributed by atoms with E-state index in [1.165, 1.54) is 23.5 Å². The van der Waals surface area contributed by atoms with Crippen LogP contribution in [0.25, 0.3) is 10.6 Å². The fourth-order valence-corrected chi connectivity index (χ4v) is 3.45. The summed E-state index contributed by atoms with van der Waals surface area (Å²) in [6.45, 7) is 4.00. The maximum absolute atomic E-state index is 12.2. The van der Waals surface area contributed by atoms with Gasteiger partial charge in [-0.25, -0.2) is 9.78 Å². The van der Waals surface area contributed by atoms with Crippen molar-refractivity contribution < 1.29 is 29.2 Å². The number of esters is 1. The van der Waals surface area contributed by atoms with Gasteiger partial charge in [-0.05, 0) is 43.7 Å². The van der Waals surface area contributed by atoms with Gasteiger partial charge in [-0.3, -0.25) is 0 Å². The van der Waals surface area contributed by atoms with Gasteiger partial charge in [0.1, 0.15) is 17.2 Å². The van der Waals surface area contributed by atoms with Gasteiger partial charge in [0.15, 0.2) is 23.0 Å². The SMILES string of the molecule is CCOc1ccc(-c2nc(COC(=O)c3ccc(C)c(O)c3O)cs2)cc1OC. The van der Waals surface area contributed by atoms with Crippen molar-refractivity contribution in [1.82, 2.24) is 4.98 Å². The van der Waals surface area contributed by atoms with Crippen LogP contribution in [0.2, 0.25) is 0 Å². The van der Waals surface area contributed by atoms with E-state index in [9.17, 15) is 15.0 Å². The van der Waals surface area contributed by atoms with E-state index in [1.54, 1.807) is 19.4 Å². The molecule has 0 saturated carbocycles. The summed E-state index contributed by atoms with van der Waals surface area (Å²) in [4.78, 5) is 16.7. The van der Waals surface area contributed by atoms with E-state index in [4.69, 9.17) is 14.2 Å². The van der Waals surface area contributed by atoms with Crippen molar-refractivity contribution in [3.8, 4) is 33.6 Å². The highest BCUT2D eigenvalue weighted by molar-refractivity contribution is 7.13. The number of thiazole rings is 1. The number of phenols is 2. The number of aromatic hydroxyl groups is 2. The van der Waals surface area contributed by atoms with Gasteiger partial charge in [-0.15, -0.1) is 11.3 Å². The molecule has 0 atom stereocenters. The molecule has 1 heterocycles. The lowest BCUT2D eigenvalue weighted by molar-refractivity contribution is 0.0464. The fraction of sp³-hybridized carbons (Fsp3) is 0.238. The average Bonchev–Trinajstić information content (AvgIpc) is 3.20. The molecule has 0 amide bonds. The smallest absolute Gasteiger partial charge is 0.342 e. The lowest BCUT2D eigenvalue weighted by Gasteiger charge is -2.10. The Bertz CT molecular complexity index is 1030. The number of carbonyl (C=O) groups excluding carboxylic acids is 1. The summed E-state index contributed by atoms with van der Waals surface area (Å²) < 4.78 is 16.1. The molecule has 2 aromatic carbocycles. The summed E-state index contributed by atoms with van der Waals surface area (Å²) >= 11 is 1.41. The first kappa shape index (κ1) is 20.5. The standard InChI is InChI=1S/C21H21NO6S/c1-4-27-16-8-6-13(9-17(16)26-3)20-22-14(11-29-20)10-28-21(25)15-7-5-12(2)18(23)19(15)24/h5-9,11,23-24H,4,10H2,1-3H3. The number of benzene rings is 2. The Morgan fingerprint density at radius 3 is 2.66 bits per heavy atom. The Morgan fingerprint density at radius 1 is 1.14 bits per heavy atom. The van der Waals surface area contributed by atoms with Crippen LogP contribution in [0.4, 0.5) is 0 Å². The highest BCUT2D eigenvalue weighted by Crippen LogP contribution is 2.34. The summed E-state index contributed by atoms with van der Waals surface area (Å²) in [7, 11) is 1.58. The molecule has 0 bridgehead atoms. The van der Waals surface area contributed by atoms with Gasteiger partial charge in [-0.2, -0.15) is 0 Å². The summed E-state index contributed by atoms with van der Waals surface area (Å²) in [5.74, 6) is -0.293. The number of hydrogen-bond donors (Lipinski definition) is 2. The first-order valence-corrected chi connectivity index (χ1v) is 9.76. The minimum absolute atomic E-state index is 0.0580. The number of carbonyl (C=O) groups is 1. The quantitative estimate of drug-likeness (QED) is 0.439. The van der Waals surface area contributed by atoms with E-state index in [0.717, 1.165) is 10.6 Å². The highest BCUT2D eigenvalue weighted by atomic mass is 32.1. The Kier molecular flexibility index (Phi) is 6.23. The minimum Gasteiger partial charge on any atom is -0.504 e. The van der Waals surface area contributed by atoms with Crippen LogP contribution in [-0.2, 0) is 11.3 Å². The molecule has 1 aromatic heterocycles. The van der Waals surface area contributed by atoms with E-state index >= 15 is 0 Å². The molecule has 0 aliphatic heterocycles. The van der Waals surface area contributed by atoms with Crippen molar-refractivity contribution in [2.45, 2.75) is 20.5 Å². The van der Waals surface area contributed by atoms with Crippen molar-refractivity contribution >= 4 is 17.3 Å². The topological polar surface area (TPSA) is 98.1 Å². The Labute approximate surface area is 172 Å². The second kappa shape index (κ2) is 8.83. The first-order valence-electron chi connectivity index (χ1n) is 8.88. The van der Waals surface area contributed by atoms with Crippen LogP contribution in [0.5, 0.6) is 23.0 Å². The second-order valence-corrected chi connectivity index (χ2v) is 7.00. The van der Waals surface area contributed by atoms with Crippen LogP contribution in [0, 0.1) is 6.92 Å². The van der Waals surface area contributed by atoms with Gasteiger partial charge in [0, 0.05) is 10.9 Å². The number of hydrogen-bond acceptors (Lipinski definition) is 8. The van der Waals surface area contributed by atoms with Gasteiger partial charge < -0.3 is 24.4 Å². The van der Waals surface area contributed by atoms with Gasteiger partial charge in [0.25, 0.3) is 0 Å². The fourth-order valence-electron chi connectivity index (χ4n) is 2.64. The lowest BCUT2D eigenvalue weighted by atomic mass is 10.1. The van der Waals surface area contributed by atoms with Crippen molar-refractivity contribution in [1.29, 1.82) is 0 Å². The van der Waals surface area contributed by atoms with E-state index < -0.39 is 11.7 Å². The molecule has 3 aromatic rings. The molecule has 0 aliphatic rings. The number of nitrogens with zero attached hydrogens (tertiary/aromatic N) is 1. The van der Waals surface area contributed by atoms with Gasteiger partial charge in [0.2, 0.25) is 0 Å². The molecule has 0 spiro atoms. The third-order valence-corrected chi connectivity index (χ3v) is 5.13. The van der Waals surface area contributed by atoms with Crippen molar-refractivity contribution in [3.63, 3.8) is 0 Å². The molecule has 0 radical (unpaired) electrons. The largest absolute Gasteiger partial charge is 0.504 e. The van der Waals surface area contributed by atoms with Crippen LogP contribution in [0.3, 0.4) is 0 Å². The predicted molar refractivity (Wildman–Crippen MR) is 109 cm³/mol. The third kappa shape index (κ3) is 4.43. The molecule has 152 valence electrons.